The highest BCUT2D eigenvalue weighted by molar-refractivity contribution is 5.93. The van der Waals surface area contributed by atoms with Gasteiger partial charge in [0.1, 0.15) is 0 Å². The van der Waals surface area contributed by atoms with E-state index >= 15 is 0 Å². The van der Waals surface area contributed by atoms with Crippen LogP contribution in [0.5, 0.6) is 0 Å². The molecule has 0 radical (unpaired) electrons. The van der Waals surface area contributed by atoms with Gasteiger partial charge in [0.05, 0.1) is 0 Å². The molecule has 2 rings (SSSR count). The normalized spacial score (nSPS) is 21.8. The first-order chi connectivity index (χ1) is 8.61. The van der Waals surface area contributed by atoms with Crippen molar-refractivity contribution in [1.82, 2.24) is 0 Å². The fraction of sp³-hybridized carbons (Fsp3) is 0.533. The van der Waals surface area contributed by atoms with E-state index < -0.39 is 0 Å². The minimum atomic E-state index is 0. The highest BCUT2D eigenvalue weighted by atomic mass is 35.5. The smallest absolute Gasteiger partial charge is 0.227 e. The maximum atomic E-state index is 12.2. The number of nitrogens with one attached hydrogen (secondary N) is 1. The average molecular weight is 283 g/mol. The Hall–Kier alpha value is -1.06. The monoisotopic (exact) mass is 282 g/mol. The van der Waals surface area contributed by atoms with Gasteiger partial charge >= 0.3 is 0 Å². The van der Waals surface area contributed by atoms with Crippen molar-refractivity contribution in [1.29, 1.82) is 0 Å². The van der Waals surface area contributed by atoms with Gasteiger partial charge in [-0.3, -0.25) is 4.79 Å². The highest BCUT2D eigenvalue weighted by Crippen LogP contribution is 2.31. The molecule has 1 aliphatic rings. The summed E-state index contributed by atoms with van der Waals surface area (Å²) in [5.41, 5.74) is 9.06. The molecule has 1 saturated carbocycles. The minimum absolute atomic E-state index is 0. The van der Waals surface area contributed by atoms with Crippen LogP contribution in [-0.2, 0) is 4.79 Å². The van der Waals surface area contributed by atoms with E-state index in [1.807, 2.05) is 18.2 Å². The second kappa shape index (κ2) is 6.92. The van der Waals surface area contributed by atoms with E-state index in [2.05, 4.69) is 19.2 Å². The molecule has 1 aliphatic carbocycles. The van der Waals surface area contributed by atoms with Crippen LogP contribution in [0.2, 0.25) is 0 Å². The number of hydrogen-bond acceptors (Lipinski definition) is 2. The molecule has 4 heteroatoms. The molecule has 1 fully saturated rings. The summed E-state index contributed by atoms with van der Waals surface area (Å²) in [5.74, 6) is 0.583. The Bertz CT molecular complexity index is 448. The third kappa shape index (κ3) is 3.71. The molecule has 0 bridgehead atoms. The summed E-state index contributed by atoms with van der Waals surface area (Å²) in [4.78, 5) is 12.2. The summed E-state index contributed by atoms with van der Waals surface area (Å²) in [5, 5.41) is 3.02. The van der Waals surface area contributed by atoms with Gasteiger partial charge in [-0.15, -0.1) is 12.4 Å². The van der Waals surface area contributed by atoms with E-state index in [0.29, 0.717) is 12.5 Å². The van der Waals surface area contributed by atoms with Crippen LogP contribution in [0.4, 0.5) is 5.69 Å². The summed E-state index contributed by atoms with van der Waals surface area (Å²) in [7, 11) is 0. The number of halogens is 1. The molecule has 0 saturated heterocycles. The van der Waals surface area contributed by atoms with Crippen molar-refractivity contribution < 1.29 is 4.79 Å². The van der Waals surface area contributed by atoms with Gasteiger partial charge in [0.15, 0.2) is 0 Å². The van der Waals surface area contributed by atoms with Crippen molar-refractivity contribution in [2.45, 2.75) is 33.1 Å². The van der Waals surface area contributed by atoms with Gasteiger partial charge < -0.3 is 11.1 Å². The fourth-order valence-corrected chi connectivity index (χ4v) is 2.72. The predicted octanol–water partition coefficient (Wildman–Crippen LogP) is 3.04. The summed E-state index contributed by atoms with van der Waals surface area (Å²) in [6, 6.07) is 6.03. The zero-order valence-corrected chi connectivity index (χ0v) is 12.4. The first kappa shape index (κ1) is 16.0. The third-order valence-corrected chi connectivity index (χ3v) is 4.07. The Morgan fingerprint density at radius 1 is 1.32 bits per heavy atom. The minimum Gasteiger partial charge on any atom is -0.330 e. The highest BCUT2D eigenvalue weighted by Gasteiger charge is 2.31. The zero-order chi connectivity index (χ0) is 13.1. The van der Waals surface area contributed by atoms with Gasteiger partial charge in [0, 0.05) is 11.6 Å². The van der Waals surface area contributed by atoms with Crippen LogP contribution in [0.25, 0.3) is 0 Å². The average Bonchev–Trinajstić information content (AvgIpc) is 2.82. The lowest BCUT2D eigenvalue weighted by molar-refractivity contribution is -0.120. The number of benzene rings is 1. The molecule has 0 aliphatic heterocycles. The lowest BCUT2D eigenvalue weighted by atomic mass is 9.95. The molecule has 0 aromatic heterocycles. The number of carbonyl (C=O) groups is 1. The molecular weight excluding hydrogens is 260 g/mol. The van der Waals surface area contributed by atoms with Gasteiger partial charge in [-0.1, -0.05) is 12.5 Å². The third-order valence-electron chi connectivity index (χ3n) is 4.07. The maximum Gasteiger partial charge on any atom is 0.227 e. The largest absolute Gasteiger partial charge is 0.330 e. The first-order valence-corrected chi connectivity index (χ1v) is 6.70. The second-order valence-electron chi connectivity index (χ2n) is 5.32. The van der Waals surface area contributed by atoms with Gasteiger partial charge in [0.25, 0.3) is 0 Å². The molecule has 106 valence electrons. The SMILES string of the molecule is Cc1ccc(NC(=O)[C@@H]2CCC[C@@H]2CN)cc1C.Cl. The van der Waals surface area contributed by atoms with Gasteiger partial charge in [0.2, 0.25) is 5.91 Å². The predicted molar refractivity (Wildman–Crippen MR) is 81.7 cm³/mol. The van der Waals surface area contributed by atoms with Crippen LogP contribution in [-0.4, -0.2) is 12.5 Å². The Morgan fingerprint density at radius 3 is 2.68 bits per heavy atom. The van der Waals surface area contributed by atoms with Gasteiger partial charge in [-0.05, 0) is 62.4 Å². The molecule has 1 aromatic carbocycles. The molecule has 19 heavy (non-hydrogen) atoms. The van der Waals surface area contributed by atoms with Crippen molar-refractivity contribution in [2.75, 3.05) is 11.9 Å². The standard InChI is InChI=1S/C15H22N2O.ClH/c1-10-6-7-13(8-11(10)2)17-15(18)14-5-3-4-12(14)9-16;/h6-8,12,14H,3-5,9,16H2,1-2H3,(H,17,18);1H/t12-,14-;/m1./s1. The molecule has 1 aromatic rings. The Morgan fingerprint density at radius 2 is 2.05 bits per heavy atom. The number of carbonyl (C=O) groups excluding carboxylic acids is 1. The summed E-state index contributed by atoms with van der Waals surface area (Å²) >= 11 is 0. The topological polar surface area (TPSA) is 55.1 Å². The molecule has 0 unspecified atom stereocenters. The van der Waals surface area contributed by atoms with E-state index in [1.54, 1.807) is 0 Å². The van der Waals surface area contributed by atoms with Crippen LogP contribution in [0.3, 0.4) is 0 Å². The van der Waals surface area contributed by atoms with Crippen molar-refractivity contribution in [3.8, 4) is 0 Å². The lowest BCUT2D eigenvalue weighted by Gasteiger charge is -2.17. The second-order valence-corrected chi connectivity index (χ2v) is 5.32. The van der Waals surface area contributed by atoms with Crippen LogP contribution < -0.4 is 11.1 Å². The van der Waals surface area contributed by atoms with Crippen LogP contribution in [0.15, 0.2) is 18.2 Å². The van der Waals surface area contributed by atoms with E-state index in [9.17, 15) is 4.79 Å². The lowest BCUT2D eigenvalue weighted by Crippen LogP contribution is -2.29. The molecule has 2 atom stereocenters. The molecule has 0 heterocycles. The van der Waals surface area contributed by atoms with E-state index in [4.69, 9.17) is 5.73 Å². The number of anilines is 1. The molecule has 3 nitrogen and oxygen atoms in total. The van der Waals surface area contributed by atoms with Crippen LogP contribution in [0, 0.1) is 25.7 Å². The maximum absolute atomic E-state index is 12.2. The first-order valence-electron chi connectivity index (χ1n) is 6.70. The number of rotatable bonds is 3. The fourth-order valence-electron chi connectivity index (χ4n) is 2.72. The van der Waals surface area contributed by atoms with E-state index in [0.717, 1.165) is 24.9 Å². The summed E-state index contributed by atoms with van der Waals surface area (Å²) in [6.45, 7) is 4.75. The number of nitrogens with two attached hydrogens (primary N) is 1. The van der Waals surface area contributed by atoms with E-state index in [-0.39, 0.29) is 24.2 Å². The Kier molecular flexibility index (Phi) is 5.83. The van der Waals surface area contributed by atoms with Crippen molar-refractivity contribution in [3.63, 3.8) is 0 Å². The molecule has 3 N–H and O–H groups in total. The number of hydrogen-bond donors (Lipinski definition) is 2. The van der Waals surface area contributed by atoms with Gasteiger partial charge in [-0.2, -0.15) is 0 Å². The molecule has 0 spiro atoms. The van der Waals surface area contributed by atoms with Gasteiger partial charge in [-0.25, -0.2) is 0 Å². The number of amides is 1. The van der Waals surface area contributed by atoms with Crippen LogP contribution >= 0.6 is 12.4 Å². The van der Waals surface area contributed by atoms with Crippen molar-refractivity contribution >= 4 is 24.0 Å². The van der Waals surface area contributed by atoms with Crippen molar-refractivity contribution in [2.24, 2.45) is 17.6 Å². The van der Waals surface area contributed by atoms with Crippen LogP contribution in [0.1, 0.15) is 30.4 Å². The molecular formula is C15H23ClN2O. The Balaban J connectivity index is 0.00000180. The molecule has 1 amide bonds. The quantitative estimate of drug-likeness (QED) is 0.895. The number of aryl methyl sites for hydroxylation is 2. The Labute approximate surface area is 121 Å². The summed E-state index contributed by atoms with van der Waals surface area (Å²) < 4.78 is 0. The zero-order valence-electron chi connectivity index (χ0n) is 11.6. The van der Waals surface area contributed by atoms with Crippen molar-refractivity contribution in [3.05, 3.63) is 29.3 Å². The van der Waals surface area contributed by atoms with E-state index in [1.165, 1.54) is 11.1 Å². The summed E-state index contributed by atoms with van der Waals surface area (Å²) in [6.07, 6.45) is 3.17.